The molecule has 0 fully saturated rings. The number of amides is 1. The number of aryl methyl sites for hydroxylation is 1. The third-order valence-corrected chi connectivity index (χ3v) is 4.51. The van der Waals surface area contributed by atoms with Gasteiger partial charge in [0.15, 0.2) is 0 Å². The predicted molar refractivity (Wildman–Crippen MR) is 93.9 cm³/mol. The van der Waals surface area contributed by atoms with Crippen molar-refractivity contribution in [1.29, 1.82) is 0 Å². The van der Waals surface area contributed by atoms with E-state index in [0.29, 0.717) is 17.5 Å². The number of aromatic nitrogens is 2. The molecule has 3 rings (SSSR count). The van der Waals surface area contributed by atoms with E-state index in [4.69, 9.17) is 4.42 Å². The lowest BCUT2D eigenvalue weighted by atomic mass is 10.1. The quantitative estimate of drug-likeness (QED) is 0.645. The van der Waals surface area contributed by atoms with Crippen molar-refractivity contribution in [2.45, 2.75) is 13.5 Å². The van der Waals surface area contributed by atoms with Crippen LogP contribution in [0.3, 0.4) is 0 Å². The van der Waals surface area contributed by atoms with Gasteiger partial charge in [-0.2, -0.15) is 5.10 Å². The van der Waals surface area contributed by atoms with Crippen molar-refractivity contribution in [3.63, 3.8) is 0 Å². The molecule has 2 heterocycles. The van der Waals surface area contributed by atoms with E-state index >= 15 is 0 Å². The summed E-state index contributed by atoms with van der Waals surface area (Å²) in [6, 6.07) is 6.85. The SMILES string of the molecule is Cc1c(CN(C)C(=O)c2cc3cc(Br)ccc3oc2=O)cnn1C. The van der Waals surface area contributed by atoms with Gasteiger partial charge in [-0.1, -0.05) is 15.9 Å². The van der Waals surface area contributed by atoms with Crippen LogP contribution in [-0.2, 0) is 13.6 Å². The van der Waals surface area contributed by atoms with Gasteiger partial charge in [-0.25, -0.2) is 4.79 Å². The molecule has 0 aliphatic rings. The summed E-state index contributed by atoms with van der Waals surface area (Å²) < 4.78 is 7.85. The number of fused-ring (bicyclic) bond motifs is 1. The Labute approximate surface area is 146 Å². The molecule has 124 valence electrons. The number of nitrogens with zero attached hydrogens (tertiary/aromatic N) is 3. The standard InChI is InChI=1S/C17H16BrN3O3/c1-10-12(8-19-21(10)3)9-20(2)16(22)14-7-11-6-13(18)4-5-15(11)24-17(14)23/h4-8H,9H2,1-3H3. The molecule has 0 atom stereocenters. The molecule has 0 unspecified atom stereocenters. The largest absolute Gasteiger partial charge is 0.422 e. The maximum Gasteiger partial charge on any atom is 0.349 e. The summed E-state index contributed by atoms with van der Waals surface area (Å²) in [6.45, 7) is 2.30. The van der Waals surface area contributed by atoms with Crippen LogP contribution < -0.4 is 5.63 Å². The second kappa shape index (κ2) is 6.24. The molecule has 0 aliphatic carbocycles. The first kappa shape index (κ1) is 16.4. The monoisotopic (exact) mass is 389 g/mol. The van der Waals surface area contributed by atoms with Crippen LogP contribution in [-0.4, -0.2) is 27.6 Å². The van der Waals surface area contributed by atoms with Crippen molar-refractivity contribution in [3.05, 3.63) is 62.2 Å². The highest BCUT2D eigenvalue weighted by Gasteiger charge is 2.19. The summed E-state index contributed by atoms with van der Waals surface area (Å²) in [4.78, 5) is 26.3. The molecule has 6 nitrogen and oxygen atoms in total. The maximum atomic E-state index is 12.6. The minimum atomic E-state index is -0.635. The average Bonchev–Trinajstić information content (AvgIpc) is 2.86. The predicted octanol–water partition coefficient (Wildman–Crippen LogP) is 2.87. The van der Waals surface area contributed by atoms with Crippen molar-refractivity contribution < 1.29 is 9.21 Å². The van der Waals surface area contributed by atoms with Crippen LogP contribution >= 0.6 is 15.9 Å². The molecule has 0 aliphatic heterocycles. The molecule has 0 radical (unpaired) electrons. The van der Waals surface area contributed by atoms with E-state index in [1.165, 1.54) is 4.90 Å². The third-order valence-electron chi connectivity index (χ3n) is 4.02. The second-order valence-corrected chi connectivity index (χ2v) is 6.59. The summed E-state index contributed by atoms with van der Waals surface area (Å²) in [5, 5.41) is 4.86. The zero-order chi connectivity index (χ0) is 17.4. The minimum Gasteiger partial charge on any atom is -0.422 e. The first-order valence-corrected chi connectivity index (χ1v) is 8.12. The molecular weight excluding hydrogens is 374 g/mol. The van der Waals surface area contributed by atoms with Crippen LogP contribution in [0, 0.1) is 6.92 Å². The van der Waals surface area contributed by atoms with Crippen LogP contribution in [0.5, 0.6) is 0 Å². The summed E-state index contributed by atoms with van der Waals surface area (Å²) in [7, 11) is 3.50. The van der Waals surface area contributed by atoms with Gasteiger partial charge in [0.25, 0.3) is 5.91 Å². The van der Waals surface area contributed by atoms with Crippen LogP contribution in [0.4, 0.5) is 0 Å². The van der Waals surface area contributed by atoms with Gasteiger partial charge in [-0.3, -0.25) is 9.48 Å². The van der Waals surface area contributed by atoms with Gasteiger partial charge in [0.2, 0.25) is 0 Å². The molecule has 24 heavy (non-hydrogen) atoms. The highest BCUT2D eigenvalue weighted by atomic mass is 79.9. The number of benzene rings is 1. The van der Waals surface area contributed by atoms with Gasteiger partial charge >= 0.3 is 5.63 Å². The lowest BCUT2D eigenvalue weighted by molar-refractivity contribution is 0.0781. The number of rotatable bonds is 3. The number of hydrogen-bond acceptors (Lipinski definition) is 4. The fraction of sp³-hybridized carbons (Fsp3) is 0.235. The van der Waals surface area contributed by atoms with E-state index in [1.807, 2.05) is 14.0 Å². The van der Waals surface area contributed by atoms with Crippen molar-refractivity contribution in [2.75, 3.05) is 7.05 Å². The topological polar surface area (TPSA) is 68.3 Å². The van der Waals surface area contributed by atoms with E-state index in [2.05, 4.69) is 21.0 Å². The van der Waals surface area contributed by atoms with Gasteiger partial charge in [-0.05, 0) is 31.2 Å². The molecule has 0 saturated carbocycles. The minimum absolute atomic E-state index is 0.0182. The van der Waals surface area contributed by atoms with Crippen LogP contribution in [0.15, 0.2) is 44.1 Å². The zero-order valence-electron chi connectivity index (χ0n) is 13.5. The number of carbonyl (C=O) groups excluding carboxylic acids is 1. The number of hydrogen-bond donors (Lipinski definition) is 0. The van der Waals surface area contributed by atoms with Gasteiger partial charge in [-0.15, -0.1) is 0 Å². The van der Waals surface area contributed by atoms with E-state index in [-0.39, 0.29) is 11.5 Å². The molecular formula is C17H16BrN3O3. The van der Waals surface area contributed by atoms with E-state index in [0.717, 1.165) is 15.7 Å². The van der Waals surface area contributed by atoms with Crippen molar-refractivity contribution in [1.82, 2.24) is 14.7 Å². The highest BCUT2D eigenvalue weighted by Crippen LogP contribution is 2.20. The number of halogens is 1. The molecule has 1 amide bonds. The van der Waals surface area contributed by atoms with E-state index in [1.54, 1.807) is 42.2 Å². The first-order valence-electron chi connectivity index (χ1n) is 7.33. The molecule has 0 N–H and O–H groups in total. The van der Waals surface area contributed by atoms with Crippen molar-refractivity contribution in [3.8, 4) is 0 Å². The molecule has 1 aromatic carbocycles. The summed E-state index contributed by atoms with van der Waals surface area (Å²) in [5.74, 6) is -0.381. The van der Waals surface area contributed by atoms with Crippen molar-refractivity contribution >= 4 is 32.8 Å². The third kappa shape index (κ3) is 2.99. The fourth-order valence-corrected chi connectivity index (χ4v) is 2.85. The molecule has 0 spiro atoms. The van der Waals surface area contributed by atoms with Gasteiger partial charge in [0.05, 0.1) is 6.20 Å². The first-order chi connectivity index (χ1) is 11.4. The lowest BCUT2D eigenvalue weighted by Crippen LogP contribution is -2.30. The Morgan fingerprint density at radius 1 is 1.38 bits per heavy atom. The van der Waals surface area contributed by atoms with Gasteiger partial charge < -0.3 is 9.32 Å². The van der Waals surface area contributed by atoms with Gasteiger partial charge in [0, 0.05) is 41.8 Å². The molecule has 7 heteroatoms. The number of carbonyl (C=O) groups is 1. The zero-order valence-corrected chi connectivity index (χ0v) is 15.1. The van der Waals surface area contributed by atoms with Crippen LogP contribution in [0.25, 0.3) is 11.0 Å². The van der Waals surface area contributed by atoms with Crippen LogP contribution in [0.2, 0.25) is 0 Å². The Balaban J connectivity index is 1.94. The highest BCUT2D eigenvalue weighted by molar-refractivity contribution is 9.10. The Bertz CT molecular complexity index is 990. The van der Waals surface area contributed by atoms with E-state index < -0.39 is 5.63 Å². The molecule has 3 aromatic rings. The fourth-order valence-electron chi connectivity index (χ4n) is 2.48. The summed E-state index contributed by atoms with van der Waals surface area (Å²) in [6.07, 6.45) is 1.72. The Kier molecular flexibility index (Phi) is 4.28. The Morgan fingerprint density at radius 2 is 2.12 bits per heavy atom. The molecule has 2 aromatic heterocycles. The Morgan fingerprint density at radius 3 is 2.79 bits per heavy atom. The van der Waals surface area contributed by atoms with E-state index in [9.17, 15) is 9.59 Å². The normalized spacial score (nSPS) is 11.0. The Hall–Kier alpha value is -2.41. The summed E-state index contributed by atoms with van der Waals surface area (Å²) in [5.41, 5.74) is 1.74. The maximum absolute atomic E-state index is 12.6. The second-order valence-electron chi connectivity index (χ2n) is 5.67. The van der Waals surface area contributed by atoms with Crippen LogP contribution in [0.1, 0.15) is 21.6 Å². The smallest absolute Gasteiger partial charge is 0.349 e. The molecule has 0 saturated heterocycles. The molecule has 0 bridgehead atoms. The lowest BCUT2D eigenvalue weighted by Gasteiger charge is -2.16. The van der Waals surface area contributed by atoms with Crippen molar-refractivity contribution in [2.24, 2.45) is 7.05 Å². The average molecular weight is 390 g/mol. The van der Waals surface area contributed by atoms with Gasteiger partial charge in [0.1, 0.15) is 11.1 Å². The summed E-state index contributed by atoms with van der Waals surface area (Å²) >= 11 is 3.37.